The highest BCUT2D eigenvalue weighted by Crippen LogP contribution is 2.30. The maximum atomic E-state index is 12.6. The van der Waals surface area contributed by atoms with Crippen LogP contribution in [0.25, 0.3) is 0 Å². The van der Waals surface area contributed by atoms with E-state index in [1.807, 2.05) is 30.9 Å². The fraction of sp³-hybridized carbons (Fsp3) is 0.533. The Morgan fingerprint density at radius 2 is 2.24 bits per heavy atom. The Labute approximate surface area is 128 Å². The van der Waals surface area contributed by atoms with E-state index in [1.165, 1.54) is 12.8 Å². The molecule has 5 nitrogen and oxygen atoms in total. The van der Waals surface area contributed by atoms with Gasteiger partial charge in [-0.2, -0.15) is 5.10 Å². The number of aryl methyl sites for hydroxylation is 1. The van der Waals surface area contributed by atoms with Crippen molar-refractivity contribution in [1.82, 2.24) is 19.7 Å². The second-order valence-electron chi connectivity index (χ2n) is 5.61. The first kappa shape index (κ1) is 14.3. The topological polar surface area (TPSA) is 51.0 Å². The molecule has 112 valence electrons. The number of rotatable bonds is 4. The molecule has 0 N–H and O–H groups in total. The lowest BCUT2D eigenvalue weighted by molar-refractivity contribution is 0.0771. The summed E-state index contributed by atoms with van der Waals surface area (Å²) in [6, 6.07) is 2.22. The minimum atomic E-state index is 0.0328. The van der Waals surface area contributed by atoms with Gasteiger partial charge in [-0.15, -0.1) is 11.3 Å². The van der Waals surface area contributed by atoms with Gasteiger partial charge in [0.15, 0.2) is 0 Å². The molecule has 0 unspecified atom stereocenters. The van der Waals surface area contributed by atoms with Crippen molar-refractivity contribution in [2.45, 2.75) is 45.2 Å². The van der Waals surface area contributed by atoms with E-state index < -0.39 is 0 Å². The van der Waals surface area contributed by atoms with Gasteiger partial charge < -0.3 is 4.90 Å². The summed E-state index contributed by atoms with van der Waals surface area (Å²) in [7, 11) is 1.84. The number of aromatic nitrogens is 3. The molecule has 2 aromatic heterocycles. The molecule has 0 radical (unpaired) electrons. The molecule has 2 heterocycles. The standard InChI is InChI=1S/C15H20N4OS/c1-11-16-9-13(21-11)10-18(2)15(20)14-7-8-17-19(14)12-5-3-4-6-12/h7-9,12H,3-6,10H2,1-2H3. The van der Waals surface area contributed by atoms with Crippen molar-refractivity contribution in [3.63, 3.8) is 0 Å². The summed E-state index contributed by atoms with van der Waals surface area (Å²) >= 11 is 1.63. The third-order valence-corrected chi connectivity index (χ3v) is 4.87. The summed E-state index contributed by atoms with van der Waals surface area (Å²) in [4.78, 5) is 19.7. The molecule has 1 saturated carbocycles. The molecule has 0 bridgehead atoms. The number of carbonyl (C=O) groups is 1. The molecular weight excluding hydrogens is 284 g/mol. The summed E-state index contributed by atoms with van der Waals surface area (Å²) < 4.78 is 1.92. The summed E-state index contributed by atoms with van der Waals surface area (Å²) in [5, 5.41) is 5.40. The first-order valence-corrected chi connectivity index (χ1v) is 8.17. The average molecular weight is 304 g/mol. The molecule has 0 spiro atoms. The molecule has 3 rings (SSSR count). The van der Waals surface area contributed by atoms with Crippen LogP contribution >= 0.6 is 11.3 Å². The van der Waals surface area contributed by atoms with E-state index in [1.54, 1.807) is 22.4 Å². The van der Waals surface area contributed by atoms with Crippen LogP contribution in [0.4, 0.5) is 0 Å². The third-order valence-electron chi connectivity index (χ3n) is 3.97. The number of hydrogen-bond donors (Lipinski definition) is 0. The van der Waals surface area contributed by atoms with E-state index in [4.69, 9.17) is 0 Å². The molecule has 0 aliphatic heterocycles. The molecular formula is C15H20N4OS. The monoisotopic (exact) mass is 304 g/mol. The lowest BCUT2D eigenvalue weighted by atomic mass is 10.2. The van der Waals surface area contributed by atoms with Crippen molar-refractivity contribution in [1.29, 1.82) is 0 Å². The van der Waals surface area contributed by atoms with Crippen LogP contribution in [0.1, 0.15) is 52.1 Å². The fourth-order valence-electron chi connectivity index (χ4n) is 2.90. The maximum Gasteiger partial charge on any atom is 0.272 e. The normalized spacial score (nSPS) is 15.5. The van der Waals surface area contributed by atoms with Crippen LogP contribution in [0.2, 0.25) is 0 Å². The molecule has 2 aromatic rings. The molecule has 1 aliphatic carbocycles. The minimum Gasteiger partial charge on any atom is -0.335 e. The highest BCUT2D eigenvalue weighted by atomic mass is 32.1. The van der Waals surface area contributed by atoms with Crippen molar-refractivity contribution in [2.24, 2.45) is 0 Å². The van der Waals surface area contributed by atoms with Crippen LogP contribution in [0.15, 0.2) is 18.5 Å². The summed E-state index contributed by atoms with van der Waals surface area (Å²) in [5.74, 6) is 0.0328. The Morgan fingerprint density at radius 3 is 2.90 bits per heavy atom. The summed E-state index contributed by atoms with van der Waals surface area (Å²) in [6.07, 6.45) is 8.29. The Hall–Kier alpha value is -1.69. The molecule has 1 amide bonds. The van der Waals surface area contributed by atoms with Crippen LogP contribution in [0.3, 0.4) is 0 Å². The number of hydrogen-bond acceptors (Lipinski definition) is 4. The first-order valence-electron chi connectivity index (χ1n) is 7.35. The number of amides is 1. The van der Waals surface area contributed by atoms with Crippen LogP contribution in [0.5, 0.6) is 0 Å². The van der Waals surface area contributed by atoms with Crippen molar-refractivity contribution >= 4 is 17.2 Å². The highest BCUT2D eigenvalue weighted by Gasteiger charge is 2.24. The van der Waals surface area contributed by atoms with E-state index in [9.17, 15) is 4.79 Å². The first-order chi connectivity index (χ1) is 10.1. The maximum absolute atomic E-state index is 12.6. The Kier molecular flexibility index (Phi) is 4.05. The van der Waals surface area contributed by atoms with Gasteiger partial charge in [0.2, 0.25) is 0 Å². The largest absolute Gasteiger partial charge is 0.335 e. The van der Waals surface area contributed by atoms with Gasteiger partial charge in [0, 0.05) is 24.3 Å². The van der Waals surface area contributed by atoms with Crippen molar-refractivity contribution in [3.05, 3.63) is 34.0 Å². The average Bonchev–Trinajstić information content (AvgIpc) is 3.18. The predicted molar refractivity (Wildman–Crippen MR) is 82.4 cm³/mol. The molecule has 21 heavy (non-hydrogen) atoms. The van der Waals surface area contributed by atoms with Crippen LogP contribution in [0, 0.1) is 6.92 Å². The van der Waals surface area contributed by atoms with Gasteiger partial charge in [0.25, 0.3) is 5.91 Å². The molecule has 6 heteroatoms. The lowest BCUT2D eigenvalue weighted by Gasteiger charge is -2.19. The van der Waals surface area contributed by atoms with Gasteiger partial charge in [0.1, 0.15) is 5.69 Å². The summed E-state index contributed by atoms with van der Waals surface area (Å²) in [5.41, 5.74) is 0.700. The second kappa shape index (κ2) is 5.97. The SMILES string of the molecule is Cc1ncc(CN(C)C(=O)c2ccnn2C2CCCC2)s1. The Bertz CT molecular complexity index is 627. The molecule has 1 aliphatic rings. The van der Waals surface area contributed by atoms with Crippen LogP contribution < -0.4 is 0 Å². The van der Waals surface area contributed by atoms with Crippen LogP contribution in [-0.4, -0.2) is 32.6 Å². The smallest absolute Gasteiger partial charge is 0.272 e. The zero-order valence-electron chi connectivity index (χ0n) is 12.5. The highest BCUT2D eigenvalue weighted by molar-refractivity contribution is 7.11. The summed E-state index contributed by atoms with van der Waals surface area (Å²) in [6.45, 7) is 2.57. The van der Waals surface area contributed by atoms with E-state index >= 15 is 0 Å². The predicted octanol–water partition coefficient (Wildman–Crippen LogP) is 3.04. The lowest BCUT2D eigenvalue weighted by Crippen LogP contribution is -2.29. The Balaban J connectivity index is 1.74. The van der Waals surface area contributed by atoms with Gasteiger partial charge in [-0.1, -0.05) is 12.8 Å². The van der Waals surface area contributed by atoms with E-state index in [2.05, 4.69) is 10.1 Å². The van der Waals surface area contributed by atoms with Crippen molar-refractivity contribution in [2.75, 3.05) is 7.05 Å². The van der Waals surface area contributed by atoms with Crippen LogP contribution in [-0.2, 0) is 6.54 Å². The fourth-order valence-corrected chi connectivity index (χ4v) is 3.75. The van der Waals surface area contributed by atoms with Gasteiger partial charge in [-0.25, -0.2) is 4.98 Å². The third kappa shape index (κ3) is 3.00. The van der Waals surface area contributed by atoms with Gasteiger partial charge in [0.05, 0.1) is 17.6 Å². The van der Waals surface area contributed by atoms with Gasteiger partial charge in [-0.05, 0) is 25.8 Å². The quantitative estimate of drug-likeness (QED) is 0.872. The van der Waals surface area contributed by atoms with Gasteiger partial charge in [-0.3, -0.25) is 9.48 Å². The van der Waals surface area contributed by atoms with Crippen molar-refractivity contribution < 1.29 is 4.79 Å². The Morgan fingerprint density at radius 1 is 1.48 bits per heavy atom. The minimum absolute atomic E-state index is 0.0328. The number of thiazole rings is 1. The molecule has 0 atom stereocenters. The number of carbonyl (C=O) groups excluding carboxylic acids is 1. The molecule has 0 saturated heterocycles. The van der Waals surface area contributed by atoms with Crippen molar-refractivity contribution in [3.8, 4) is 0 Å². The van der Waals surface area contributed by atoms with E-state index in [0.29, 0.717) is 18.3 Å². The number of nitrogens with zero attached hydrogens (tertiary/aromatic N) is 4. The van der Waals surface area contributed by atoms with E-state index in [-0.39, 0.29) is 5.91 Å². The second-order valence-corrected chi connectivity index (χ2v) is 6.93. The van der Waals surface area contributed by atoms with E-state index in [0.717, 1.165) is 22.7 Å². The van der Waals surface area contributed by atoms with Gasteiger partial charge >= 0.3 is 0 Å². The molecule has 1 fully saturated rings. The zero-order chi connectivity index (χ0) is 14.8. The zero-order valence-corrected chi connectivity index (χ0v) is 13.3. The molecule has 0 aromatic carbocycles.